The van der Waals surface area contributed by atoms with Crippen LogP contribution in [0.1, 0.15) is 19.8 Å². The van der Waals surface area contributed by atoms with Crippen molar-refractivity contribution in [3.05, 3.63) is 42.5 Å². The van der Waals surface area contributed by atoms with E-state index >= 15 is 0 Å². The Kier molecular flexibility index (Phi) is 5.74. The van der Waals surface area contributed by atoms with Gasteiger partial charge in [0.25, 0.3) is 0 Å². The maximum atomic E-state index is 12.9. The fourth-order valence-corrected chi connectivity index (χ4v) is 4.11. The molecule has 0 N–H and O–H groups in total. The van der Waals surface area contributed by atoms with Crippen molar-refractivity contribution in [2.24, 2.45) is 5.92 Å². The minimum atomic E-state index is 0.0617. The molecule has 2 fully saturated rings. The average Bonchev–Trinajstić information content (AvgIpc) is 2.79. The number of carbonyl (C=O) groups excluding carboxylic acids is 2. The zero-order valence-corrected chi connectivity index (χ0v) is 16.8. The van der Waals surface area contributed by atoms with Crippen molar-refractivity contribution < 1.29 is 9.59 Å². The normalized spacial score (nSPS) is 18.0. The van der Waals surface area contributed by atoms with Crippen LogP contribution in [0.2, 0.25) is 0 Å². The standard InChI is InChI=1S/C22H27N5O2/c1-17(28)25-13-15-27(16-14-25)22(29)19-9-11-26(12-10-19)21-8-7-20(23-24-21)18-5-3-2-4-6-18/h2-8,19H,9-16H2,1H3. The van der Waals surface area contributed by atoms with Crippen molar-refractivity contribution in [1.82, 2.24) is 20.0 Å². The van der Waals surface area contributed by atoms with E-state index in [1.165, 1.54) is 0 Å². The number of nitrogens with zero attached hydrogens (tertiary/aromatic N) is 5. The van der Waals surface area contributed by atoms with Gasteiger partial charge in [0.15, 0.2) is 5.82 Å². The number of piperazine rings is 1. The van der Waals surface area contributed by atoms with E-state index < -0.39 is 0 Å². The summed E-state index contributed by atoms with van der Waals surface area (Å²) in [6, 6.07) is 14.0. The van der Waals surface area contributed by atoms with Crippen LogP contribution in [-0.2, 0) is 9.59 Å². The molecule has 0 atom stereocenters. The molecule has 0 bridgehead atoms. The smallest absolute Gasteiger partial charge is 0.225 e. The summed E-state index contributed by atoms with van der Waals surface area (Å²) in [5.74, 6) is 1.25. The second kappa shape index (κ2) is 8.59. The molecule has 1 aromatic heterocycles. The van der Waals surface area contributed by atoms with Crippen molar-refractivity contribution in [3.63, 3.8) is 0 Å². The second-order valence-electron chi connectivity index (χ2n) is 7.74. The van der Waals surface area contributed by atoms with Crippen LogP contribution in [0.3, 0.4) is 0 Å². The highest BCUT2D eigenvalue weighted by Crippen LogP contribution is 2.25. The number of carbonyl (C=O) groups is 2. The second-order valence-corrected chi connectivity index (χ2v) is 7.74. The predicted octanol–water partition coefficient (Wildman–Crippen LogP) is 2.05. The molecule has 7 heteroatoms. The van der Waals surface area contributed by atoms with Gasteiger partial charge < -0.3 is 14.7 Å². The summed E-state index contributed by atoms with van der Waals surface area (Å²) < 4.78 is 0. The SMILES string of the molecule is CC(=O)N1CCN(C(=O)C2CCN(c3ccc(-c4ccccc4)nn3)CC2)CC1. The van der Waals surface area contributed by atoms with Gasteiger partial charge in [-0.3, -0.25) is 9.59 Å². The van der Waals surface area contributed by atoms with Gasteiger partial charge in [-0.25, -0.2) is 0 Å². The molecular weight excluding hydrogens is 366 g/mol. The molecule has 0 saturated carbocycles. The minimum absolute atomic E-state index is 0.0617. The highest BCUT2D eigenvalue weighted by molar-refractivity contribution is 5.80. The summed E-state index contributed by atoms with van der Waals surface area (Å²) in [7, 11) is 0. The third kappa shape index (κ3) is 4.39. The first-order valence-electron chi connectivity index (χ1n) is 10.3. The number of amides is 2. The number of rotatable bonds is 3. The maximum Gasteiger partial charge on any atom is 0.225 e. The summed E-state index contributed by atoms with van der Waals surface area (Å²) in [6.07, 6.45) is 1.65. The molecule has 2 aromatic rings. The first-order valence-corrected chi connectivity index (χ1v) is 10.3. The Morgan fingerprint density at radius 1 is 0.828 bits per heavy atom. The maximum absolute atomic E-state index is 12.9. The monoisotopic (exact) mass is 393 g/mol. The molecule has 2 aliphatic heterocycles. The van der Waals surface area contributed by atoms with E-state index in [9.17, 15) is 9.59 Å². The Morgan fingerprint density at radius 3 is 2.07 bits per heavy atom. The van der Waals surface area contributed by atoms with E-state index in [1.807, 2.05) is 52.3 Å². The van der Waals surface area contributed by atoms with Crippen LogP contribution in [0.25, 0.3) is 11.3 Å². The van der Waals surface area contributed by atoms with Gasteiger partial charge in [0.2, 0.25) is 11.8 Å². The van der Waals surface area contributed by atoms with Gasteiger partial charge in [0, 0.05) is 57.7 Å². The number of hydrogen-bond donors (Lipinski definition) is 0. The fourth-order valence-electron chi connectivity index (χ4n) is 4.11. The summed E-state index contributed by atoms with van der Waals surface area (Å²) in [4.78, 5) is 30.2. The van der Waals surface area contributed by atoms with Gasteiger partial charge in [-0.05, 0) is 25.0 Å². The van der Waals surface area contributed by atoms with Crippen molar-refractivity contribution in [1.29, 1.82) is 0 Å². The number of piperidine rings is 1. The Morgan fingerprint density at radius 2 is 1.48 bits per heavy atom. The van der Waals surface area contributed by atoms with Gasteiger partial charge in [0.05, 0.1) is 5.69 Å². The predicted molar refractivity (Wildman–Crippen MR) is 111 cm³/mol. The number of aromatic nitrogens is 2. The topological polar surface area (TPSA) is 69.6 Å². The molecule has 0 spiro atoms. The third-order valence-electron chi connectivity index (χ3n) is 5.92. The van der Waals surface area contributed by atoms with E-state index in [4.69, 9.17) is 0 Å². The molecule has 0 aliphatic carbocycles. The van der Waals surface area contributed by atoms with Crippen molar-refractivity contribution >= 4 is 17.6 Å². The molecular formula is C22H27N5O2. The molecule has 152 valence electrons. The lowest BCUT2D eigenvalue weighted by molar-refractivity contribution is -0.141. The molecule has 7 nitrogen and oxygen atoms in total. The van der Waals surface area contributed by atoms with Gasteiger partial charge >= 0.3 is 0 Å². The molecule has 29 heavy (non-hydrogen) atoms. The third-order valence-corrected chi connectivity index (χ3v) is 5.92. The van der Waals surface area contributed by atoms with Crippen molar-refractivity contribution in [2.75, 3.05) is 44.2 Å². The quantitative estimate of drug-likeness (QED) is 0.798. The minimum Gasteiger partial charge on any atom is -0.355 e. The summed E-state index contributed by atoms with van der Waals surface area (Å²) in [6.45, 7) is 5.78. The van der Waals surface area contributed by atoms with Crippen LogP contribution < -0.4 is 4.90 Å². The Hall–Kier alpha value is -2.96. The Bertz CT molecular complexity index is 839. The molecule has 2 amide bonds. The van der Waals surface area contributed by atoms with Crippen molar-refractivity contribution in [2.45, 2.75) is 19.8 Å². The number of anilines is 1. The lowest BCUT2D eigenvalue weighted by atomic mass is 9.95. The first kappa shape index (κ1) is 19.4. The van der Waals surface area contributed by atoms with E-state index in [1.54, 1.807) is 6.92 Å². The van der Waals surface area contributed by atoms with Crippen LogP contribution in [0.4, 0.5) is 5.82 Å². The largest absolute Gasteiger partial charge is 0.355 e. The van der Waals surface area contributed by atoms with Crippen molar-refractivity contribution in [3.8, 4) is 11.3 Å². The van der Waals surface area contributed by atoms with Crippen LogP contribution in [0.15, 0.2) is 42.5 Å². The first-order chi connectivity index (χ1) is 14.1. The van der Waals surface area contributed by atoms with Gasteiger partial charge in [-0.15, -0.1) is 10.2 Å². The molecule has 2 aliphatic rings. The van der Waals surface area contributed by atoms with E-state index in [-0.39, 0.29) is 17.7 Å². The van der Waals surface area contributed by atoms with Gasteiger partial charge in [0.1, 0.15) is 0 Å². The summed E-state index contributed by atoms with van der Waals surface area (Å²) in [5.41, 5.74) is 1.92. The van der Waals surface area contributed by atoms with Gasteiger partial charge in [-0.2, -0.15) is 0 Å². The van der Waals surface area contributed by atoms with E-state index in [0.717, 1.165) is 43.0 Å². The molecule has 0 radical (unpaired) electrons. The zero-order valence-electron chi connectivity index (χ0n) is 16.8. The molecule has 0 unspecified atom stereocenters. The zero-order chi connectivity index (χ0) is 20.2. The van der Waals surface area contributed by atoms with Gasteiger partial charge in [-0.1, -0.05) is 30.3 Å². The van der Waals surface area contributed by atoms with Crippen LogP contribution in [0, 0.1) is 5.92 Å². The fraction of sp³-hybridized carbons (Fsp3) is 0.455. The lowest BCUT2D eigenvalue weighted by Crippen LogP contribution is -2.52. The Balaban J connectivity index is 1.30. The van der Waals surface area contributed by atoms with Crippen LogP contribution in [0.5, 0.6) is 0 Å². The summed E-state index contributed by atoms with van der Waals surface area (Å²) in [5, 5.41) is 8.78. The Labute approximate surface area is 171 Å². The van der Waals surface area contributed by atoms with E-state index in [2.05, 4.69) is 15.1 Å². The van der Waals surface area contributed by atoms with E-state index in [0.29, 0.717) is 26.2 Å². The molecule has 2 saturated heterocycles. The number of benzene rings is 1. The lowest BCUT2D eigenvalue weighted by Gasteiger charge is -2.38. The summed E-state index contributed by atoms with van der Waals surface area (Å²) >= 11 is 0. The molecule has 1 aromatic carbocycles. The van der Waals surface area contributed by atoms with Crippen LogP contribution in [-0.4, -0.2) is 71.1 Å². The molecule has 4 rings (SSSR count). The number of hydrogen-bond acceptors (Lipinski definition) is 5. The highest BCUT2D eigenvalue weighted by atomic mass is 16.2. The van der Waals surface area contributed by atoms with Crippen LogP contribution >= 0.6 is 0 Å². The molecule has 3 heterocycles. The highest BCUT2D eigenvalue weighted by Gasteiger charge is 2.31. The average molecular weight is 393 g/mol.